The minimum absolute atomic E-state index is 0.120. The number of thiazole rings is 1. The van der Waals surface area contributed by atoms with Crippen molar-refractivity contribution in [2.24, 2.45) is 5.92 Å². The number of piperidine rings is 1. The van der Waals surface area contributed by atoms with Gasteiger partial charge in [0.1, 0.15) is 0 Å². The maximum absolute atomic E-state index is 12.2. The van der Waals surface area contributed by atoms with Gasteiger partial charge < -0.3 is 10.2 Å². The third-order valence-corrected chi connectivity index (χ3v) is 6.30. The van der Waals surface area contributed by atoms with E-state index in [0.717, 1.165) is 48.7 Å². The lowest BCUT2D eigenvalue weighted by molar-refractivity contribution is -0.120. The number of nitrogens with one attached hydrogen (secondary N) is 1. The van der Waals surface area contributed by atoms with Crippen LogP contribution in [-0.4, -0.2) is 30.5 Å². The Morgan fingerprint density at radius 1 is 1.19 bits per heavy atom. The minimum Gasteiger partial charge on any atom is -0.356 e. The highest BCUT2D eigenvalue weighted by Crippen LogP contribution is 2.31. The van der Waals surface area contributed by atoms with Crippen LogP contribution in [0.25, 0.3) is 10.2 Å². The molecule has 1 aliphatic rings. The lowest BCUT2D eigenvalue weighted by atomic mass is 9.97. The molecule has 2 aromatic carbocycles. The van der Waals surface area contributed by atoms with Crippen LogP contribution in [0.3, 0.4) is 0 Å². The van der Waals surface area contributed by atoms with Crippen molar-refractivity contribution in [2.75, 3.05) is 24.5 Å². The van der Waals surface area contributed by atoms with Gasteiger partial charge in [0.15, 0.2) is 5.13 Å². The van der Waals surface area contributed by atoms with Crippen LogP contribution in [0.5, 0.6) is 0 Å². The van der Waals surface area contributed by atoms with Crippen molar-refractivity contribution in [3.63, 3.8) is 0 Å². The first-order chi connectivity index (χ1) is 13.2. The highest BCUT2D eigenvalue weighted by molar-refractivity contribution is 7.22. The zero-order chi connectivity index (χ0) is 18.6. The van der Waals surface area contributed by atoms with Gasteiger partial charge in [0.25, 0.3) is 0 Å². The van der Waals surface area contributed by atoms with E-state index in [1.54, 1.807) is 11.3 Å². The number of hydrogen-bond acceptors (Lipinski definition) is 4. The van der Waals surface area contributed by atoms with Crippen molar-refractivity contribution >= 4 is 32.6 Å². The van der Waals surface area contributed by atoms with E-state index in [1.807, 2.05) is 18.2 Å². The van der Waals surface area contributed by atoms with Crippen molar-refractivity contribution in [1.29, 1.82) is 0 Å². The smallest absolute Gasteiger partial charge is 0.224 e. The van der Waals surface area contributed by atoms with Crippen LogP contribution in [0.1, 0.15) is 24.0 Å². The summed E-state index contributed by atoms with van der Waals surface area (Å²) in [6.45, 7) is 4.86. The van der Waals surface area contributed by atoms with Crippen LogP contribution in [0.2, 0.25) is 0 Å². The maximum atomic E-state index is 12.2. The molecule has 4 nitrogen and oxygen atoms in total. The van der Waals surface area contributed by atoms with Gasteiger partial charge in [-0.05, 0) is 43.4 Å². The van der Waals surface area contributed by atoms with Crippen LogP contribution in [0.4, 0.5) is 5.13 Å². The van der Waals surface area contributed by atoms with E-state index >= 15 is 0 Å². The molecule has 1 N–H and O–H groups in total. The van der Waals surface area contributed by atoms with Crippen LogP contribution >= 0.6 is 11.3 Å². The summed E-state index contributed by atoms with van der Waals surface area (Å²) in [4.78, 5) is 19.4. The average molecular weight is 380 g/mol. The molecule has 0 unspecified atom stereocenters. The first-order valence-electron chi connectivity index (χ1n) is 9.60. The molecule has 0 aliphatic carbocycles. The van der Waals surface area contributed by atoms with E-state index in [2.05, 4.69) is 47.5 Å². The van der Waals surface area contributed by atoms with Crippen LogP contribution in [0.15, 0.2) is 48.5 Å². The maximum Gasteiger partial charge on any atom is 0.224 e. The van der Waals surface area contributed by atoms with E-state index in [4.69, 9.17) is 4.98 Å². The zero-order valence-corrected chi connectivity index (χ0v) is 16.5. The first kappa shape index (κ1) is 18.0. The third-order valence-electron chi connectivity index (χ3n) is 5.20. The van der Waals surface area contributed by atoms with E-state index in [-0.39, 0.29) is 5.91 Å². The Balaban J connectivity index is 1.25. The van der Waals surface area contributed by atoms with Crippen LogP contribution in [-0.2, 0) is 11.2 Å². The second kappa shape index (κ2) is 8.09. The molecule has 0 spiro atoms. The quantitative estimate of drug-likeness (QED) is 0.723. The predicted molar refractivity (Wildman–Crippen MR) is 112 cm³/mol. The first-order valence-corrected chi connectivity index (χ1v) is 10.4. The van der Waals surface area contributed by atoms with Gasteiger partial charge in [0, 0.05) is 19.6 Å². The fourth-order valence-electron chi connectivity index (χ4n) is 3.65. The van der Waals surface area contributed by atoms with Crippen LogP contribution < -0.4 is 10.2 Å². The fraction of sp³-hybridized carbons (Fsp3) is 0.364. The summed E-state index contributed by atoms with van der Waals surface area (Å²) >= 11 is 1.77. The Morgan fingerprint density at radius 3 is 2.78 bits per heavy atom. The van der Waals surface area contributed by atoms with E-state index < -0.39 is 0 Å². The van der Waals surface area contributed by atoms with Gasteiger partial charge in [-0.2, -0.15) is 0 Å². The molecular formula is C22H25N3OS. The van der Waals surface area contributed by atoms with Crippen LogP contribution in [0, 0.1) is 12.8 Å². The largest absolute Gasteiger partial charge is 0.356 e. The Morgan fingerprint density at radius 2 is 2.00 bits per heavy atom. The lowest BCUT2D eigenvalue weighted by Gasteiger charge is -2.31. The summed E-state index contributed by atoms with van der Waals surface area (Å²) in [7, 11) is 0. The van der Waals surface area contributed by atoms with Gasteiger partial charge in [-0.3, -0.25) is 4.79 Å². The standard InChI is InChI=1S/C22H25N3OS/c1-16-5-4-6-18(13-16)14-21(26)23-15-17-9-11-25(12-10-17)22-24-19-7-2-3-8-20(19)27-22/h2-8,13,17H,9-12,14-15H2,1H3,(H,23,26). The van der Waals surface area contributed by atoms with Crippen molar-refractivity contribution in [3.05, 3.63) is 59.7 Å². The molecule has 1 amide bonds. The molecule has 0 saturated carbocycles. The Bertz CT molecular complexity index is 895. The summed E-state index contributed by atoms with van der Waals surface area (Å²) < 4.78 is 1.25. The number of aryl methyl sites for hydroxylation is 1. The summed E-state index contributed by atoms with van der Waals surface area (Å²) in [5.74, 6) is 0.672. The lowest BCUT2D eigenvalue weighted by Crippen LogP contribution is -2.39. The van der Waals surface area contributed by atoms with Gasteiger partial charge in [0.05, 0.1) is 16.6 Å². The number of para-hydroxylation sites is 1. The normalized spacial score (nSPS) is 15.2. The van der Waals surface area contributed by atoms with Gasteiger partial charge in [0.2, 0.25) is 5.91 Å². The van der Waals surface area contributed by atoms with Crippen molar-refractivity contribution in [2.45, 2.75) is 26.2 Å². The second-order valence-electron chi connectivity index (χ2n) is 7.36. The minimum atomic E-state index is 0.120. The Kier molecular flexibility index (Phi) is 5.39. The molecule has 5 heteroatoms. The number of aromatic nitrogens is 1. The SMILES string of the molecule is Cc1cccc(CC(=O)NCC2CCN(c3nc4ccccc4s3)CC2)c1. The molecule has 4 rings (SSSR count). The summed E-state index contributed by atoms with van der Waals surface area (Å²) in [6, 6.07) is 16.5. The summed E-state index contributed by atoms with van der Waals surface area (Å²) in [5, 5.41) is 4.25. The van der Waals surface area contributed by atoms with Gasteiger partial charge >= 0.3 is 0 Å². The molecule has 1 aromatic heterocycles. The van der Waals surface area contributed by atoms with Gasteiger partial charge in [-0.15, -0.1) is 0 Å². The molecule has 2 heterocycles. The molecule has 3 aromatic rings. The molecule has 0 bridgehead atoms. The third kappa shape index (κ3) is 4.48. The molecule has 0 radical (unpaired) electrons. The topological polar surface area (TPSA) is 45.2 Å². The average Bonchev–Trinajstić information content (AvgIpc) is 3.11. The van der Waals surface area contributed by atoms with Crippen molar-refractivity contribution in [3.8, 4) is 0 Å². The van der Waals surface area contributed by atoms with E-state index in [1.165, 1.54) is 10.3 Å². The van der Waals surface area contributed by atoms with Crippen molar-refractivity contribution in [1.82, 2.24) is 10.3 Å². The van der Waals surface area contributed by atoms with Crippen molar-refractivity contribution < 1.29 is 4.79 Å². The van der Waals surface area contributed by atoms with Gasteiger partial charge in [-0.25, -0.2) is 4.98 Å². The Hall–Kier alpha value is -2.40. The monoisotopic (exact) mass is 379 g/mol. The molecule has 140 valence electrons. The fourth-order valence-corrected chi connectivity index (χ4v) is 4.67. The second-order valence-corrected chi connectivity index (χ2v) is 8.37. The molecule has 1 aliphatic heterocycles. The molecule has 1 saturated heterocycles. The number of anilines is 1. The van der Waals surface area contributed by atoms with Gasteiger partial charge in [-0.1, -0.05) is 53.3 Å². The van der Waals surface area contributed by atoms with E-state index in [9.17, 15) is 4.79 Å². The highest BCUT2D eigenvalue weighted by Gasteiger charge is 2.22. The molecular weight excluding hydrogens is 354 g/mol. The molecule has 1 fully saturated rings. The number of carbonyl (C=O) groups excluding carboxylic acids is 1. The number of amides is 1. The number of rotatable bonds is 5. The number of benzene rings is 2. The predicted octanol–water partition coefficient (Wildman–Crippen LogP) is 4.18. The summed E-state index contributed by atoms with van der Waals surface area (Å²) in [5.41, 5.74) is 3.36. The number of hydrogen-bond donors (Lipinski definition) is 1. The Labute approximate surface area is 164 Å². The summed E-state index contributed by atoms with van der Waals surface area (Å²) in [6.07, 6.45) is 2.66. The highest BCUT2D eigenvalue weighted by atomic mass is 32.1. The number of fused-ring (bicyclic) bond motifs is 1. The number of carbonyl (C=O) groups is 1. The number of nitrogens with zero attached hydrogens (tertiary/aromatic N) is 2. The molecule has 27 heavy (non-hydrogen) atoms. The van der Waals surface area contributed by atoms with E-state index in [0.29, 0.717) is 12.3 Å². The zero-order valence-electron chi connectivity index (χ0n) is 15.6. The molecule has 0 atom stereocenters.